The highest BCUT2D eigenvalue weighted by atomic mass is 19.1. The van der Waals surface area contributed by atoms with Crippen LogP contribution in [-0.2, 0) is 13.0 Å². The summed E-state index contributed by atoms with van der Waals surface area (Å²) < 4.78 is 15.0. The Hall–Kier alpha value is -0.970. The first-order valence-corrected chi connectivity index (χ1v) is 6.11. The summed E-state index contributed by atoms with van der Waals surface area (Å²) in [5.41, 5.74) is 0. The van der Waals surface area contributed by atoms with Crippen LogP contribution in [0, 0.1) is 0 Å². The van der Waals surface area contributed by atoms with Gasteiger partial charge in [-0.05, 0) is 25.8 Å². The summed E-state index contributed by atoms with van der Waals surface area (Å²) >= 11 is 0. The standard InChI is InChI=1S/C11H17FN4/c12-9-3-4-10-14-11(15-16(10)7-9)8-2-1-5-13-6-8/h8-9,13H,1-7H2. The topological polar surface area (TPSA) is 42.7 Å². The number of nitrogens with zero attached hydrogens (tertiary/aromatic N) is 3. The molecular formula is C11H17FN4. The third kappa shape index (κ3) is 1.84. The molecule has 88 valence electrons. The van der Waals surface area contributed by atoms with E-state index in [-0.39, 0.29) is 0 Å². The largest absolute Gasteiger partial charge is 0.316 e. The first kappa shape index (κ1) is 10.2. The van der Waals surface area contributed by atoms with Crippen molar-refractivity contribution in [3.8, 4) is 0 Å². The summed E-state index contributed by atoms with van der Waals surface area (Å²) in [5.74, 6) is 2.30. The van der Waals surface area contributed by atoms with Gasteiger partial charge in [-0.15, -0.1) is 0 Å². The van der Waals surface area contributed by atoms with Gasteiger partial charge in [0.15, 0.2) is 5.82 Å². The molecule has 3 rings (SSSR count). The minimum absolute atomic E-state index is 0.391. The quantitative estimate of drug-likeness (QED) is 0.774. The smallest absolute Gasteiger partial charge is 0.155 e. The molecule has 16 heavy (non-hydrogen) atoms. The molecule has 5 heteroatoms. The van der Waals surface area contributed by atoms with Gasteiger partial charge in [0.2, 0.25) is 0 Å². The minimum atomic E-state index is -0.744. The lowest BCUT2D eigenvalue weighted by Gasteiger charge is -2.19. The Morgan fingerprint density at radius 2 is 2.31 bits per heavy atom. The number of halogens is 1. The zero-order valence-corrected chi connectivity index (χ0v) is 9.32. The predicted octanol–water partition coefficient (Wildman–Crippen LogP) is 1.03. The Bertz CT molecular complexity index is 370. The average Bonchev–Trinajstić information content (AvgIpc) is 2.73. The van der Waals surface area contributed by atoms with Gasteiger partial charge in [0.05, 0.1) is 6.54 Å². The molecule has 1 aromatic rings. The number of aryl methyl sites for hydroxylation is 1. The molecule has 1 N–H and O–H groups in total. The van der Waals surface area contributed by atoms with E-state index in [1.165, 1.54) is 6.42 Å². The lowest BCUT2D eigenvalue weighted by atomic mass is 9.99. The first-order valence-electron chi connectivity index (χ1n) is 6.11. The van der Waals surface area contributed by atoms with Crippen molar-refractivity contribution >= 4 is 0 Å². The first-order chi connectivity index (χ1) is 7.83. The third-order valence-electron chi connectivity index (χ3n) is 3.48. The molecule has 0 radical (unpaired) electrons. The Labute approximate surface area is 94.2 Å². The number of aromatic nitrogens is 3. The van der Waals surface area contributed by atoms with E-state index in [0.29, 0.717) is 18.9 Å². The van der Waals surface area contributed by atoms with Gasteiger partial charge < -0.3 is 5.32 Å². The molecule has 0 aliphatic carbocycles. The van der Waals surface area contributed by atoms with E-state index in [1.54, 1.807) is 4.68 Å². The monoisotopic (exact) mass is 224 g/mol. The highest BCUT2D eigenvalue weighted by molar-refractivity contribution is 5.03. The summed E-state index contributed by atoms with van der Waals surface area (Å²) in [7, 11) is 0. The summed E-state index contributed by atoms with van der Waals surface area (Å²) in [6.45, 7) is 2.45. The molecule has 0 amide bonds. The highest BCUT2D eigenvalue weighted by Crippen LogP contribution is 2.23. The number of hydrogen-bond donors (Lipinski definition) is 1. The van der Waals surface area contributed by atoms with Crippen LogP contribution in [0.5, 0.6) is 0 Å². The fourth-order valence-corrected chi connectivity index (χ4v) is 2.53. The lowest BCUT2D eigenvalue weighted by molar-refractivity contribution is 0.241. The van der Waals surface area contributed by atoms with Gasteiger partial charge in [-0.2, -0.15) is 5.10 Å². The van der Waals surface area contributed by atoms with E-state index in [1.807, 2.05) is 0 Å². The summed E-state index contributed by atoms with van der Waals surface area (Å²) in [5, 5.41) is 7.81. The van der Waals surface area contributed by atoms with Gasteiger partial charge in [-0.25, -0.2) is 14.1 Å². The molecule has 3 heterocycles. The number of nitrogens with one attached hydrogen (secondary N) is 1. The van der Waals surface area contributed by atoms with Gasteiger partial charge in [-0.1, -0.05) is 0 Å². The second-order valence-electron chi connectivity index (χ2n) is 4.75. The molecule has 1 aromatic heterocycles. The average molecular weight is 224 g/mol. The van der Waals surface area contributed by atoms with Gasteiger partial charge in [-0.3, -0.25) is 0 Å². The summed E-state index contributed by atoms with van der Waals surface area (Å²) in [6, 6.07) is 0. The molecule has 2 unspecified atom stereocenters. The maximum atomic E-state index is 13.2. The molecule has 1 fully saturated rings. The zero-order chi connectivity index (χ0) is 11.0. The second kappa shape index (κ2) is 4.13. The van der Waals surface area contributed by atoms with Crippen LogP contribution in [-0.4, -0.2) is 34.0 Å². The van der Waals surface area contributed by atoms with Crippen molar-refractivity contribution in [2.24, 2.45) is 0 Å². The zero-order valence-electron chi connectivity index (χ0n) is 9.32. The summed E-state index contributed by atoms with van der Waals surface area (Å²) in [4.78, 5) is 4.55. The molecule has 0 bridgehead atoms. The summed E-state index contributed by atoms with van der Waals surface area (Å²) in [6.07, 6.45) is 2.91. The second-order valence-corrected chi connectivity index (χ2v) is 4.75. The molecule has 0 saturated carbocycles. The molecule has 0 spiro atoms. The van der Waals surface area contributed by atoms with Gasteiger partial charge in [0, 0.05) is 18.9 Å². The molecule has 4 nitrogen and oxygen atoms in total. The molecule has 2 aliphatic rings. The number of alkyl halides is 1. The fraction of sp³-hybridized carbons (Fsp3) is 0.818. The highest BCUT2D eigenvalue weighted by Gasteiger charge is 2.25. The molecular weight excluding hydrogens is 207 g/mol. The number of piperidine rings is 1. The van der Waals surface area contributed by atoms with Crippen LogP contribution in [0.15, 0.2) is 0 Å². The van der Waals surface area contributed by atoms with Crippen LogP contribution in [0.2, 0.25) is 0 Å². The van der Waals surface area contributed by atoms with Crippen LogP contribution in [0.4, 0.5) is 4.39 Å². The Morgan fingerprint density at radius 3 is 3.12 bits per heavy atom. The van der Waals surface area contributed by atoms with E-state index in [2.05, 4.69) is 15.4 Å². The molecule has 0 aromatic carbocycles. The number of rotatable bonds is 1. The normalized spacial score (nSPS) is 30.1. The van der Waals surface area contributed by atoms with Gasteiger partial charge in [0.1, 0.15) is 12.0 Å². The van der Waals surface area contributed by atoms with Crippen molar-refractivity contribution < 1.29 is 4.39 Å². The molecule has 2 atom stereocenters. The lowest BCUT2D eigenvalue weighted by Crippen LogP contribution is -2.29. The van der Waals surface area contributed by atoms with Crippen LogP contribution < -0.4 is 5.32 Å². The Balaban J connectivity index is 1.80. The van der Waals surface area contributed by atoms with E-state index in [9.17, 15) is 4.39 Å². The van der Waals surface area contributed by atoms with E-state index in [4.69, 9.17) is 0 Å². The minimum Gasteiger partial charge on any atom is -0.316 e. The van der Waals surface area contributed by atoms with Crippen LogP contribution in [0.3, 0.4) is 0 Å². The van der Waals surface area contributed by atoms with E-state index in [0.717, 1.165) is 37.6 Å². The molecule has 2 aliphatic heterocycles. The van der Waals surface area contributed by atoms with Crippen molar-refractivity contribution in [1.82, 2.24) is 20.1 Å². The maximum Gasteiger partial charge on any atom is 0.155 e. The van der Waals surface area contributed by atoms with E-state index >= 15 is 0 Å². The maximum absolute atomic E-state index is 13.2. The van der Waals surface area contributed by atoms with Crippen molar-refractivity contribution in [3.63, 3.8) is 0 Å². The predicted molar refractivity (Wildman–Crippen MR) is 58.1 cm³/mol. The van der Waals surface area contributed by atoms with Crippen molar-refractivity contribution in [2.45, 2.75) is 44.3 Å². The SMILES string of the molecule is FC1CCc2nc(C3CCCNC3)nn2C1. The molecule has 1 saturated heterocycles. The van der Waals surface area contributed by atoms with Gasteiger partial charge >= 0.3 is 0 Å². The van der Waals surface area contributed by atoms with Crippen molar-refractivity contribution in [3.05, 3.63) is 11.6 Å². The Morgan fingerprint density at radius 1 is 1.38 bits per heavy atom. The van der Waals surface area contributed by atoms with Crippen molar-refractivity contribution in [2.75, 3.05) is 13.1 Å². The van der Waals surface area contributed by atoms with Crippen LogP contribution in [0.25, 0.3) is 0 Å². The fourth-order valence-electron chi connectivity index (χ4n) is 2.53. The van der Waals surface area contributed by atoms with Gasteiger partial charge in [0.25, 0.3) is 0 Å². The third-order valence-corrected chi connectivity index (χ3v) is 3.48. The Kier molecular flexibility index (Phi) is 2.63. The van der Waals surface area contributed by atoms with Crippen molar-refractivity contribution in [1.29, 1.82) is 0 Å². The number of fused-ring (bicyclic) bond motifs is 1. The van der Waals surface area contributed by atoms with E-state index < -0.39 is 6.17 Å². The number of hydrogen-bond acceptors (Lipinski definition) is 3. The van der Waals surface area contributed by atoms with Crippen LogP contribution >= 0.6 is 0 Å². The van der Waals surface area contributed by atoms with Crippen LogP contribution in [0.1, 0.15) is 36.8 Å².